The van der Waals surface area contributed by atoms with Crippen LogP contribution in [-0.4, -0.2) is 59.4 Å². The molecule has 5 N–H and O–H groups in total. The first kappa shape index (κ1) is 24.7. The molecule has 1 saturated heterocycles. The average molecular weight is 444 g/mol. The fourth-order valence-electron chi connectivity index (χ4n) is 3.18. The third kappa shape index (κ3) is 4.84. The molecule has 2 heterocycles. The second kappa shape index (κ2) is 8.89. The van der Waals surface area contributed by atoms with Gasteiger partial charge in [0.2, 0.25) is 0 Å². The molecule has 7 atom stereocenters. The average Bonchev–Trinajstić information content (AvgIpc) is 2.95. The Morgan fingerprint density at radius 3 is 2.50 bits per heavy atom. The Morgan fingerprint density at radius 1 is 1.33 bits per heavy atom. The highest BCUT2D eigenvalue weighted by Crippen LogP contribution is 2.59. The Labute approximate surface area is 174 Å². The molecule has 0 aliphatic carbocycles. The molecule has 0 radical (unpaired) electrons. The normalized spacial score (nSPS) is 30.1. The first-order chi connectivity index (χ1) is 13.8. The van der Waals surface area contributed by atoms with Crippen molar-refractivity contribution in [2.24, 2.45) is 0 Å². The van der Waals surface area contributed by atoms with Crippen LogP contribution in [0.5, 0.6) is 0 Å². The van der Waals surface area contributed by atoms with Crippen LogP contribution in [0.3, 0.4) is 0 Å². The molecule has 0 amide bonds. The predicted octanol–water partition coefficient (Wildman–Crippen LogP) is 0.792. The van der Waals surface area contributed by atoms with Gasteiger partial charge in [0.1, 0.15) is 24.0 Å². The van der Waals surface area contributed by atoms with Gasteiger partial charge in [-0.25, -0.2) is 9.78 Å². The first-order valence-electron chi connectivity index (χ1n) is 9.64. The molecule has 168 valence electrons. The zero-order valence-electron chi connectivity index (χ0n) is 17.4. The molecular weight excluding hydrogens is 415 g/mol. The lowest BCUT2D eigenvalue weighted by molar-refractivity contribution is -0.0532. The van der Waals surface area contributed by atoms with Crippen molar-refractivity contribution in [2.45, 2.75) is 82.3 Å². The number of hydrogen-bond donors (Lipinski definition) is 5. The van der Waals surface area contributed by atoms with Gasteiger partial charge in [0.25, 0.3) is 0 Å². The van der Waals surface area contributed by atoms with E-state index in [9.17, 15) is 29.6 Å². The number of terminal acetylenes is 1. The van der Waals surface area contributed by atoms with Gasteiger partial charge in [0, 0.05) is 18.2 Å². The van der Waals surface area contributed by atoms with E-state index in [4.69, 9.17) is 15.7 Å². The van der Waals surface area contributed by atoms with Crippen molar-refractivity contribution in [2.75, 3.05) is 0 Å². The minimum Gasteiger partial charge on any atom is -0.388 e. The van der Waals surface area contributed by atoms with Gasteiger partial charge in [-0.3, -0.25) is 9.55 Å². The number of H-pyrrole nitrogens is 1. The second-order valence-electron chi connectivity index (χ2n) is 7.93. The summed E-state index contributed by atoms with van der Waals surface area (Å²) in [5.74, 6) is 2.29. The smallest absolute Gasteiger partial charge is 0.359 e. The number of nitrogens with one attached hydrogen (secondary N) is 1. The zero-order chi connectivity index (χ0) is 22.9. The van der Waals surface area contributed by atoms with Gasteiger partial charge < -0.3 is 29.5 Å². The first-order valence-corrected chi connectivity index (χ1v) is 11.2. The summed E-state index contributed by atoms with van der Waals surface area (Å²) in [6.45, 7) is 6.06. The lowest BCUT2D eigenvalue weighted by atomic mass is 9.92. The predicted molar refractivity (Wildman–Crippen MR) is 108 cm³/mol. The lowest BCUT2D eigenvalue weighted by Gasteiger charge is -2.37. The van der Waals surface area contributed by atoms with Crippen LogP contribution in [0.15, 0.2) is 11.0 Å². The Bertz CT molecular complexity index is 911. The molecule has 1 fully saturated rings. The van der Waals surface area contributed by atoms with Gasteiger partial charge in [-0.15, -0.1) is 6.42 Å². The van der Waals surface area contributed by atoms with Gasteiger partial charge >= 0.3 is 13.3 Å². The molecule has 1 aromatic rings. The summed E-state index contributed by atoms with van der Waals surface area (Å²) in [5, 5.41) is 29.3. The summed E-state index contributed by atoms with van der Waals surface area (Å²) in [4.78, 5) is 27.6. The fraction of sp³-hybridized carbons (Fsp3) is 0.684. The molecule has 30 heavy (non-hydrogen) atoms. The third-order valence-corrected chi connectivity index (χ3v) is 7.88. The molecule has 1 aliphatic rings. The van der Waals surface area contributed by atoms with E-state index in [0.717, 1.165) is 0 Å². The number of aliphatic hydroxyl groups excluding tert-OH is 2. The van der Waals surface area contributed by atoms with Crippen LogP contribution in [-0.2, 0) is 13.8 Å². The van der Waals surface area contributed by atoms with E-state index < -0.39 is 48.6 Å². The molecule has 0 bridgehead atoms. The van der Waals surface area contributed by atoms with Gasteiger partial charge in [-0.05, 0) is 26.7 Å². The third-order valence-electron chi connectivity index (χ3n) is 5.66. The standard InChI is InChI=1S/C19H29N2O8P/c1-6-12-11(10-20-17(24)21-12)16-15(23)14(22)13(28-16)9-18(4,7-2)29-30(26,27)19(5,25)8-3/h1,10,13-16,22-23,25H,7-9H2,2-5H3,(H,26,27)(H,20,21,24)/t13-,14?,15+,16+,18?,19?/m1/s1. The van der Waals surface area contributed by atoms with Crippen LogP contribution in [0.4, 0.5) is 0 Å². The topological polar surface area (TPSA) is 162 Å². The number of hydrogen-bond acceptors (Lipinski definition) is 8. The molecule has 0 saturated carbocycles. The summed E-state index contributed by atoms with van der Waals surface area (Å²) < 4.78 is 23.9. The highest BCUT2D eigenvalue weighted by Gasteiger charge is 2.50. The van der Waals surface area contributed by atoms with E-state index >= 15 is 0 Å². The Hall–Kier alpha value is -1.57. The molecule has 2 rings (SSSR count). The summed E-state index contributed by atoms with van der Waals surface area (Å²) in [5.41, 5.74) is -1.61. The highest BCUT2D eigenvalue weighted by atomic mass is 31.2. The second-order valence-corrected chi connectivity index (χ2v) is 10.1. The number of rotatable bonds is 8. The monoisotopic (exact) mass is 444 g/mol. The minimum atomic E-state index is -4.44. The molecule has 10 nitrogen and oxygen atoms in total. The summed E-state index contributed by atoms with van der Waals surface area (Å²) in [7, 11) is -4.44. The van der Waals surface area contributed by atoms with Crippen molar-refractivity contribution < 1.29 is 34.0 Å². The van der Waals surface area contributed by atoms with Crippen molar-refractivity contribution in [1.82, 2.24) is 9.97 Å². The molecular formula is C19H29N2O8P. The van der Waals surface area contributed by atoms with Gasteiger partial charge in [-0.2, -0.15) is 0 Å². The SMILES string of the molecule is C#Cc1[nH]c(=O)ncc1[C@@H]1O[C@H](CC(C)(CC)OP(=O)(O)C(C)(O)CC)C(O)[C@@H]1O. The van der Waals surface area contributed by atoms with Crippen LogP contribution in [0.1, 0.15) is 64.3 Å². The number of nitrogens with zero attached hydrogens (tertiary/aromatic N) is 1. The summed E-state index contributed by atoms with van der Waals surface area (Å²) in [6, 6.07) is 0. The molecule has 1 aliphatic heterocycles. The maximum atomic E-state index is 12.6. The molecule has 11 heteroatoms. The molecule has 0 aromatic carbocycles. The van der Waals surface area contributed by atoms with Crippen LogP contribution >= 0.6 is 7.60 Å². The Kier molecular flexibility index (Phi) is 7.32. The summed E-state index contributed by atoms with van der Waals surface area (Å²) in [6.07, 6.45) is 2.01. The van der Waals surface area contributed by atoms with Crippen LogP contribution in [0.25, 0.3) is 0 Å². The van der Waals surface area contributed by atoms with Crippen molar-refractivity contribution in [1.29, 1.82) is 0 Å². The summed E-state index contributed by atoms with van der Waals surface area (Å²) >= 11 is 0. The fourth-order valence-corrected chi connectivity index (χ4v) is 4.58. The van der Waals surface area contributed by atoms with E-state index in [1.54, 1.807) is 20.8 Å². The maximum absolute atomic E-state index is 12.6. The number of aliphatic hydroxyl groups is 3. The van der Waals surface area contributed by atoms with Crippen LogP contribution < -0.4 is 5.69 Å². The lowest BCUT2D eigenvalue weighted by Crippen LogP contribution is -2.40. The van der Waals surface area contributed by atoms with E-state index in [1.165, 1.54) is 13.1 Å². The number of aromatic amines is 1. The van der Waals surface area contributed by atoms with Gasteiger partial charge in [0.15, 0.2) is 5.34 Å². The largest absolute Gasteiger partial charge is 0.388 e. The van der Waals surface area contributed by atoms with Crippen molar-refractivity contribution >= 4 is 7.60 Å². The zero-order valence-corrected chi connectivity index (χ0v) is 18.3. The van der Waals surface area contributed by atoms with Gasteiger partial charge in [-0.1, -0.05) is 19.8 Å². The quantitative estimate of drug-likeness (QED) is 0.288. The van der Waals surface area contributed by atoms with Crippen molar-refractivity contribution in [3.05, 3.63) is 27.9 Å². The minimum absolute atomic E-state index is 0.00200. The number of aromatic nitrogens is 2. The Balaban J connectivity index is 2.27. The maximum Gasteiger partial charge on any atom is 0.359 e. The highest BCUT2D eigenvalue weighted by molar-refractivity contribution is 7.54. The van der Waals surface area contributed by atoms with Crippen LogP contribution in [0.2, 0.25) is 0 Å². The van der Waals surface area contributed by atoms with E-state index in [1.807, 2.05) is 0 Å². The molecule has 4 unspecified atom stereocenters. The Morgan fingerprint density at radius 2 is 1.97 bits per heavy atom. The van der Waals surface area contributed by atoms with Crippen LogP contribution in [0, 0.1) is 12.3 Å². The van der Waals surface area contributed by atoms with E-state index in [-0.39, 0.29) is 30.5 Å². The van der Waals surface area contributed by atoms with Gasteiger partial charge in [0.05, 0.1) is 11.7 Å². The van der Waals surface area contributed by atoms with Crippen molar-refractivity contribution in [3.63, 3.8) is 0 Å². The molecule has 0 spiro atoms. The van der Waals surface area contributed by atoms with E-state index in [2.05, 4.69) is 15.9 Å². The number of ether oxygens (including phenoxy) is 1. The van der Waals surface area contributed by atoms with Crippen molar-refractivity contribution in [3.8, 4) is 12.3 Å². The van der Waals surface area contributed by atoms with E-state index in [0.29, 0.717) is 0 Å². The molecule has 1 aromatic heterocycles.